The molecule has 0 bridgehead atoms. The largest absolute Gasteiger partial charge is 0.473 e. The number of benzene rings is 1. The number of hydrogen-bond acceptors (Lipinski definition) is 7. The van der Waals surface area contributed by atoms with E-state index >= 15 is 0 Å². The zero-order valence-electron chi connectivity index (χ0n) is 20.2. The lowest BCUT2D eigenvalue weighted by Crippen LogP contribution is -2.23. The Kier molecular flexibility index (Phi) is 7.62. The molecule has 0 aliphatic rings. The molecule has 0 aliphatic carbocycles. The zero-order chi connectivity index (χ0) is 26.6. The van der Waals surface area contributed by atoms with Gasteiger partial charge in [0, 0.05) is 47.8 Å². The molecule has 3 aromatic heterocycles. The average molecular weight is 517 g/mol. The van der Waals surface area contributed by atoms with Gasteiger partial charge in [0.15, 0.2) is 0 Å². The highest BCUT2D eigenvalue weighted by molar-refractivity contribution is 7.47. The summed E-state index contributed by atoms with van der Waals surface area (Å²) in [6.45, 7) is 4.87. The second kappa shape index (κ2) is 10.9. The summed E-state index contributed by atoms with van der Waals surface area (Å²) in [5, 5.41) is 10.0. The SMILES string of the molecule is C=CC(=O)N(C)c1cccc(-c2cnc3c(c2)c(-c2ccnc(C#N)c2)cn3COP(=O)(O)OCC)c1. The van der Waals surface area contributed by atoms with E-state index in [9.17, 15) is 19.5 Å². The van der Waals surface area contributed by atoms with Gasteiger partial charge >= 0.3 is 7.82 Å². The van der Waals surface area contributed by atoms with Gasteiger partial charge in [-0.15, -0.1) is 0 Å². The van der Waals surface area contributed by atoms with Gasteiger partial charge in [-0.25, -0.2) is 14.5 Å². The van der Waals surface area contributed by atoms with Crippen molar-refractivity contribution in [2.75, 3.05) is 18.6 Å². The van der Waals surface area contributed by atoms with Crippen molar-refractivity contribution < 1.29 is 23.3 Å². The summed E-state index contributed by atoms with van der Waals surface area (Å²) in [6, 6.07) is 14.8. The second-order valence-corrected chi connectivity index (χ2v) is 9.40. The molecule has 4 aromatic rings. The summed E-state index contributed by atoms with van der Waals surface area (Å²) in [5.41, 5.74) is 4.50. The van der Waals surface area contributed by atoms with Crippen molar-refractivity contribution in [1.29, 1.82) is 5.26 Å². The van der Waals surface area contributed by atoms with E-state index < -0.39 is 7.82 Å². The molecule has 1 atom stereocenters. The molecule has 3 heterocycles. The summed E-state index contributed by atoms with van der Waals surface area (Å²) < 4.78 is 23.6. The van der Waals surface area contributed by atoms with Gasteiger partial charge in [-0.3, -0.25) is 13.8 Å². The number of carbonyl (C=O) groups excluding carboxylic acids is 1. The number of anilines is 1. The van der Waals surface area contributed by atoms with Gasteiger partial charge < -0.3 is 14.4 Å². The highest BCUT2D eigenvalue weighted by Crippen LogP contribution is 2.44. The molecule has 1 N–H and O–H groups in total. The van der Waals surface area contributed by atoms with Gasteiger partial charge in [0.25, 0.3) is 0 Å². The minimum absolute atomic E-state index is 0.0215. The molecule has 0 fully saturated rings. The number of hydrogen-bond donors (Lipinski definition) is 1. The van der Waals surface area contributed by atoms with E-state index in [2.05, 4.69) is 16.5 Å². The van der Waals surface area contributed by atoms with Crippen molar-refractivity contribution in [2.45, 2.75) is 13.7 Å². The summed E-state index contributed by atoms with van der Waals surface area (Å²) >= 11 is 0. The van der Waals surface area contributed by atoms with E-state index in [1.807, 2.05) is 36.4 Å². The van der Waals surface area contributed by atoms with Gasteiger partial charge in [-0.1, -0.05) is 18.7 Å². The summed E-state index contributed by atoms with van der Waals surface area (Å²) in [4.78, 5) is 32.1. The Balaban J connectivity index is 1.82. The lowest BCUT2D eigenvalue weighted by atomic mass is 10.0. The molecule has 0 aliphatic heterocycles. The minimum Gasteiger partial charge on any atom is -0.312 e. The van der Waals surface area contributed by atoms with Crippen molar-refractivity contribution >= 4 is 30.5 Å². The molecule has 1 aromatic carbocycles. The van der Waals surface area contributed by atoms with Crippen LogP contribution < -0.4 is 4.90 Å². The maximum absolute atomic E-state index is 12.1. The number of aromatic nitrogens is 3. The number of phosphoric acid groups is 1. The molecule has 0 spiro atoms. The Labute approximate surface area is 213 Å². The number of rotatable bonds is 9. The van der Waals surface area contributed by atoms with Crippen LogP contribution in [0.15, 0.2) is 73.7 Å². The van der Waals surface area contributed by atoms with Crippen LogP contribution >= 0.6 is 7.82 Å². The van der Waals surface area contributed by atoms with Crippen LogP contribution in [0, 0.1) is 11.3 Å². The Bertz CT molecular complexity index is 1580. The normalized spacial score (nSPS) is 12.6. The number of amides is 1. The first-order valence-corrected chi connectivity index (χ1v) is 12.7. The fourth-order valence-corrected chi connectivity index (χ4v) is 4.48. The third-order valence-corrected chi connectivity index (χ3v) is 6.65. The Morgan fingerprint density at radius 1 is 1.22 bits per heavy atom. The molecule has 0 saturated heterocycles. The third-order valence-electron chi connectivity index (χ3n) is 5.62. The van der Waals surface area contributed by atoms with Crippen LogP contribution in [0.4, 0.5) is 5.69 Å². The molecule has 11 heteroatoms. The van der Waals surface area contributed by atoms with E-state index in [0.717, 1.165) is 27.6 Å². The summed E-state index contributed by atoms with van der Waals surface area (Å²) in [6.07, 6.45) is 6.19. The van der Waals surface area contributed by atoms with Gasteiger partial charge in [-0.05, 0) is 54.5 Å². The first-order chi connectivity index (χ1) is 17.8. The minimum atomic E-state index is -4.24. The van der Waals surface area contributed by atoms with Gasteiger partial charge in [0.2, 0.25) is 5.91 Å². The number of nitriles is 1. The number of carbonyl (C=O) groups is 1. The predicted octanol–water partition coefficient (Wildman–Crippen LogP) is 4.90. The molecule has 188 valence electrons. The molecule has 1 unspecified atom stereocenters. The van der Waals surface area contributed by atoms with Crippen molar-refractivity contribution in [3.8, 4) is 28.3 Å². The van der Waals surface area contributed by atoms with Crippen molar-refractivity contribution in [3.05, 3.63) is 79.4 Å². The van der Waals surface area contributed by atoms with Crippen molar-refractivity contribution in [2.24, 2.45) is 0 Å². The third kappa shape index (κ3) is 5.66. The number of fused-ring (bicyclic) bond motifs is 1. The Morgan fingerprint density at radius 3 is 2.76 bits per heavy atom. The fourth-order valence-electron chi connectivity index (χ4n) is 3.81. The van der Waals surface area contributed by atoms with Crippen molar-refractivity contribution in [1.82, 2.24) is 14.5 Å². The number of nitrogens with zero attached hydrogens (tertiary/aromatic N) is 5. The van der Waals surface area contributed by atoms with E-state index in [4.69, 9.17) is 9.05 Å². The molecule has 10 nitrogen and oxygen atoms in total. The van der Waals surface area contributed by atoms with E-state index in [1.165, 1.54) is 17.2 Å². The number of pyridine rings is 2. The van der Waals surface area contributed by atoms with Crippen LogP contribution in [-0.2, 0) is 25.1 Å². The molecule has 1 amide bonds. The van der Waals surface area contributed by atoms with Crippen LogP contribution in [0.2, 0.25) is 0 Å². The number of phosphoric ester groups is 1. The summed E-state index contributed by atoms with van der Waals surface area (Å²) in [7, 11) is -2.57. The molecule has 37 heavy (non-hydrogen) atoms. The van der Waals surface area contributed by atoms with Gasteiger partial charge in [-0.2, -0.15) is 5.26 Å². The lowest BCUT2D eigenvalue weighted by molar-refractivity contribution is -0.113. The molecule has 4 rings (SSSR count). The second-order valence-electron chi connectivity index (χ2n) is 7.95. The topological polar surface area (TPSA) is 131 Å². The molecule has 0 radical (unpaired) electrons. The van der Waals surface area contributed by atoms with Crippen LogP contribution in [-0.4, -0.2) is 39.0 Å². The van der Waals surface area contributed by atoms with E-state index in [1.54, 1.807) is 43.1 Å². The standard InChI is InChI=1S/C26H24N5O5P/c1-4-25(32)30(3)22-8-6-7-18(12-22)20-13-23-24(19-9-10-28-21(11-19)14-27)16-31(26(23)29-15-20)17-36-37(33,34)35-5-2/h4,6-13,15-16H,1,5,17H2,2-3H3,(H,33,34). The van der Waals surface area contributed by atoms with Crippen LogP contribution in [0.1, 0.15) is 12.6 Å². The highest BCUT2D eigenvalue weighted by Gasteiger charge is 2.22. The molecule has 0 saturated carbocycles. The van der Waals surface area contributed by atoms with Gasteiger partial charge in [0.1, 0.15) is 24.1 Å². The van der Waals surface area contributed by atoms with Gasteiger partial charge in [0.05, 0.1) is 6.61 Å². The van der Waals surface area contributed by atoms with E-state index in [-0.39, 0.29) is 24.9 Å². The molecular weight excluding hydrogens is 493 g/mol. The number of likely N-dealkylation sites (N-methyl/N-ethyl adjacent to an activating group) is 1. The molecular formula is C26H24N5O5P. The Hall–Kier alpha value is -4.13. The van der Waals surface area contributed by atoms with Crippen LogP contribution in [0.25, 0.3) is 33.3 Å². The zero-order valence-corrected chi connectivity index (χ0v) is 21.1. The monoisotopic (exact) mass is 517 g/mol. The maximum atomic E-state index is 12.1. The fraction of sp³-hybridized carbons (Fsp3) is 0.154. The quantitative estimate of drug-likeness (QED) is 0.245. The summed E-state index contributed by atoms with van der Waals surface area (Å²) in [5.74, 6) is -0.232. The average Bonchev–Trinajstić information content (AvgIpc) is 3.29. The first kappa shape index (κ1) is 25.9. The lowest BCUT2D eigenvalue weighted by Gasteiger charge is -2.16. The highest BCUT2D eigenvalue weighted by atomic mass is 31.2. The van der Waals surface area contributed by atoms with Crippen LogP contribution in [0.3, 0.4) is 0 Å². The smallest absolute Gasteiger partial charge is 0.312 e. The first-order valence-electron chi connectivity index (χ1n) is 11.2. The van der Waals surface area contributed by atoms with Crippen LogP contribution in [0.5, 0.6) is 0 Å². The van der Waals surface area contributed by atoms with E-state index in [0.29, 0.717) is 11.3 Å². The maximum Gasteiger partial charge on any atom is 0.473 e. The predicted molar refractivity (Wildman–Crippen MR) is 139 cm³/mol. The Morgan fingerprint density at radius 2 is 2.03 bits per heavy atom. The van der Waals surface area contributed by atoms with Crippen molar-refractivity contribution in [3.63, 3.8) is 0 Å².